The highest BCUT2D eigenvalue weighted by molar-refractivity contribution is 7.89. The molecule has 7 nitrogen and oxygen atoms in total. The van der Waals surface area contributed by atoms with E-state index in [1.807, 2.05) is 52.2 Å². The zero-order chi connectivity index (χ0) is 21.7. The van der Waals surface area contributed by atoms with Crippen LogP contribution in [0.1, 0.15) is 19.7 Å². The van der Waals surface area contributed by atoms with Crippen molar-refractivity contribution >= 4 is 21.1 Å². The highest BCUT2D eigenvalue weighted by atomic mass is 32.2. The molecule has 1 heterocycles. The first-order chi connectivity index (χ1) is 14.3. The van der Waals surface area contributed by atoms with E-state index in [-0.39, 0.29) is 17.5 Å². The van der Waals surface area contributed by atoms with Crippen LogP contribution in [0, 0.1) is 0 Å². The van der Waals surface area contributed by atoms with Gasteiger partial charge in [0.15, 0.2) is 0 Å². The number of ether oxygens (including phenoxy) is 1. The summed E-state index contributed by atoms with van der Waals surface area (Å²) in [7, 11) is 0.469. The molecule has 0 saturated carbocycles. The average molecular weight is 431 g/mol. The van der Waals surface area contributed by atoms with Crippen LogP contribution in [-0.4, -0.2) is 56.2 Å². The second-order valence-electron chi connectivity index (χ2n) is 7.76. The first-order valence-electron chi connectivity index (χ1n) is 10.1. The molecule has 0 atom stereocenters. The summed E-state index contributed by atoms with van der Waals surface area (Å²) < 4.78 is 35.7. The molecule has 8 heteroatoms. The van der Waals surface area contributed by atoms with Crippen LogP contribution in [0.2, 0.25) is 0 Å². The minimum atomic E-state index is -3.60. The lowest BCUT2D eigenvalue weighted by atomic mass is 10.3. The van der Waals surface area contributed by atoms with Gasteiger partial charge in [-0.3, -0.25) is 0 Å². The summed E-state index contributed by atoms with van der Waals surface area (Å²) >= 11 is 0. The topological polar surface area (TPSA) is 76.5 Å². The van der Waals surface area contributed by atoms with Gasteiger partial charge in [-0.25, -0.2) is 18.1 Å². The van der Waals surface area contributed by atoms with Gasteiger partial charge < -0.3 is 14.2 Å². The standard InChI is InChI=1S/C22H30N4O3S/c1-17(2)29-18-9-11-19(12-10-18)30(27,28)23-14-13-22-24-20-7-5-6-8-21(20)26(22)16-15-25(3)4/h5-12,17,23H,13-16H2,1-4H3. The van der Waals surface area contributed by atoms with Gasteiger partial charge >= 0.3 is 0 Å². The predicted molar refractivity (Wildman–Crippen MR) is 119 cm³/mol. The molecule has 2 aromatic carbocycles. The van der Waals surface area contributed by atoms with Crippen LogP contribution in [0.3, 0.4) is 0 Å². The summed E-state index contributed by atoms with van der Waals surface area (Å²) in [5.41, 5.74) is 1.99. The molecule has 0 aliphatic heterocycles. The van der Waals surface area contributed by atoms with Crippen LogP contribution in [0.25, 0.3) is 11.0 Å². The molecule has 162 valence electrons. The number of hydrogen-bond acceptors (Lipinski definition) is 5. The van der Waals surface area contributed by atoms with E-state index >= 15 is 0 Å². The largest absolute Gasteiger partial charge is 0.491 e. The fourth-order valence-corrected chi connectivity index (χ4v) is 4.25. The van der Waals surface area contributed by atoms with Crippen molar-refractivity contribution in [3.05, 3.63) is 54.4 Å². The van der Waals surface area contributed by atoms with Crippen molar-refractivity contribution in [2.75, 3.05) is 27.2 Å². The van der Waals surface area contributed by atoms with Gasteiger partial charge in [-0.2, -0.15) is 0 Å². The van der Waals surface area contributed by atoms with Crippen molar-refractivity contribution in [2.45, 2.75) is 37.8 Å². The number of hydrogen-bond donors (Lipinski definition) is 1. The van der Waals surface area contributed by atoms with Gasteiger partial charge in [-0.1, -0.05) is 12.1 Å². The minimum Gasteiger partial charge on any atom is -0.491 e. The maximum absolute atomic E-state index is 12.6. The Bertz CT molecular complexity index is 1070. The maximum atomic E-state index is 12.6. The Hall–Kier alpha value is -2.42. The third-order valence-corrected chi connectivity index (χ3v) is 6.13. The third kappa shape index (κ3) is 5.59. The molecule has 0 spiro atoms. The zero-order valence-corrected chi connectivity index (χ0v) is 18.8. The second kappa shape index (κ2) is 9.59. The van der Waals surface area contributed by atoms with Crippen LogP contribution < -0.4 is 9.46 Å². The number of nitrogens with zero attached hydrogens (tertiary/aromatic N) is 3. The number of sulfonamides is 1. The Labute approximate surface area is 178 Å². The summed E-state index contributed by atoms with van der Waals surface area (Å²) in [6.45, 7) is 5.81. The van der Waals surface area contributed by atoms with Crippen molar-refractivity contribution < 1.29 is 13.2 Å². The second-order valence-corrected chi connectivity index (χ2v) is 9.52. The van der Waals surface area contributed by atoms with Crippen LogP contribution in [-0.2, 0) is 23.0 Å². The molecule has 1 N–H and O–H groups in total. The van der Waals surface area contributed by atoms with Gasteiger partial charge in [0.25, 0.3) is 0 Å². The number of likely N-dealkylation sites (N-methyl/N-ethyl adjacent to an activating group) is 1. The normalized spacial score (nSPS) is 12.2. The SMILES string of the molecule is CC(C)Oc1ccc(S(=O)(=O)NCCc2nc3ccccc3n2CCN(C)C)cc1. The Morgan fingerprint density at radius 2 is 1.80 bits per heavy atom. The van der Waals surface area contributed by atoms with Gasteiger partial charge in [-0.15, -0.1) is 0 Å². The average Bonchev–Trinajstić information content (AvgIpc) is 3.03. The first-order valence-corrected chi connectivity index (χ1v) is 11.6. The van der Waals surface area contributed by atoms with E-state index in [2.05, 4.69) is 14.2 Å². The minimum absolute atomic E-state index is 0.0392. The fourth-order valence-electron chi connectivity index (χ4n) is 3.22. The molecular weight excluding hydrogens is 400 g/mol. The van der Waals surface area contributed by atoms with Gasteiger partial charge in [0.1, 0.15) is 11.6 Å². The summed E-state index contributed by atoms with van der Waals surface area (Å²) in [5.74, 6) is 1.53. The molecule has 0 fully saturated rings. The van der Waals surface area contributed by atoms with Crippen LogP contribution in [0.15, 0.2) is 53.4 Å². The quantitative estimate of drug-likeness (QED) is 0.535. The molecule has 0 saturated heterocycles. The lowest BCUT2D eigenvalue weighted by molar-refractivity contribution is 0.242. The van der Waals surface area contributed by atoms with E-state index in [1.54, 1.807) is 24.3 Å². The molecule has 0 radical (unpaired) electrons. The number of aromatic nitrogens is 2. The molecule has 0 aliphatic rings. The molecule has 0 unspecified atom stereocenters. The molecule has 0 amide bonds. The van der Waals surface area contributed by atoms with Crippen molar-refractivity contribution in [1.29, 1.82) is 0 Å². The van der Waals surface area contributed by atoms with E-state index in [0.29, 0.717) is 12.2 Å². The van der Waals surface area contributed by atoms with E-state index < -0.39 is 10.0 Å². The summed E-state index contributed by atoms with van der Waals surface area (Å²) in [4.78, 5) is 7.06. The zero-order valence-electron chi connectivity index (χ0n) is 18.0. The number of rotatable bonds is 10. The maximum Gasteiger partial charge on any atom is 0.240 e. The molecular formula is C22H30N4O3S. The monoisotopic (exact) mass is 430 g/mol. The fraction of sp³-hybridized carbons (Fsp3) is 0.409. The first kappa shape index (κ1) is 22.3. The highest BCUT2D eigenvalue weighted by Gasteiger charge is 2.16. The Kier molecular flexibility index (Phi) is 7.12. The lowest BCUT2D eigenvalue weighted by Crippen LogP contribution is -2.27. The number of nitrogens with one attached hydrogen (secondary N) is 1. The smallest absolute Gasteiger partial charge is 0.240 e. The Morgan fingerprint density at radius 1 is 1.10 bits per heavy atom. The van der Waals surface area contributed by atoms with Gasteiger partial charge in [-0.05, 0) is 64.3 Å². The lowest BCUT2D eigenvalue weighted by Gasteiger charge is -2.14. The van der Waals surface area contributed by atoms with E-state index in [4.69, 9.17) is 9.72 Å². The predicted octanol–water partition coefficient (Wildman–Crippen LogP) is 2.91. The summed E-state index contributed by atoms with van der Waals surface area (Å²) in [6.07, 6.45) is 0.549. The summed E-state index contributed by atoms with van der Waals surface area (Å²) in [5, 5.41) is 0. The summed E-state index contributed by atoms with van der Waals surface area (Å²) in [6, 6.07) is 14.5. The Morgan fingerprint density at radius 3 is 2.47 bits per heavy atom. The van der Waals surface area contributed by atoms with Crippen molar-refractivity contribution in [1.82, 2.24) is 19.2 Å². The van der Waals surface area contributed by atoms with Gasteiger partial charge in [0.2, 0.25) is 10.0 Å². The van der Waals surface area contributed by atoms with E-state index in [0.717, 1.165) is 29.9 Å². The molecule has 0 aliphatic carbocycles. The Balaban J connectivity index is 1.69. The molecule has 1 aromatic heterocycles. The van der Waals surface area contributed by atoms with Crippen LogP contribution in [0.5, 0.6) is 5.75 Å². The van der Waals surface area contributed by atoms with Crippen molar-refractivity contribution in [2.24, 2.45) is 0 Å². The molecule has 30 heavy (non-hydrogen) atoms. The van der Waals surface area contributed by atoms with Gasteiger partial charge in [0.05, 0.1) is 22.0 Å². The van der Waals surface area contributed by atoms with Crippen LogP contribution in [0.4, 0.5) is 0 Å². The van der Waals surface area contributed by atoms with Gasteiger partial charge in [0, 0.05) is 26.1 Å². The third-order valence-electron chi connectivity index (χ3n) is 4.65. The van der Waals surface area contributed by atoms with E-state index in [9.17, 15) is 8.42 Å². The number of para-hydroxylation sites is 2. The molecule has 3 aromatic rings. The number of benzene rings is 2. The van der Waals surface area contributed by atoms with Crippen LogP contribution >= 0.6 is 0 Å². The molecule has 0 bridgehead atoms. The highest BCUT2D eigenvalue weighted by Crippen LogP contribution is 2.18. The van der Waals surface area contributed by atoms with E-state index in [1.165, 1.54) is 0 Å². The molecule has 3 rings (SSSR count). The van der Waals surface area contributed by atoms with Crippen molar-refractivity contribution in [3.8, 4) is 5.75 Å². The van der Waals surface area contributed by atoms with Crippen molar-refractivity contribution in [3.63, 3.8) is 0 Å². The number of fused-ring (bicyclic) bond motifs is 1. The number of imidazole rings is 1.